The molecule has 0 saturated carbocycles. The minimum absolute atomic E-state index is 0.304. The molecule has 90 valence electrons. The van der Waals surface area contributed by atoms with Crippen LogP contribution in [0.25, 0.3) is 11.1 Å². The first kappa shape index (κ1) is 11.8. The van der Waals surface area contributed by atoms with Crippen LogP contribution in [0.4, 0.5) is 5.69 Å². The van der Waals surface area contributed by atoms with Crippen molar-refractivity contribution in [2.75, 3.05) is 0 Å². The average molecular weight is 243 g/mol. The lowest BCUT2D eigenvalue weighted by molar-refractivity contribution is -0.385. The number of benzene rings is 2. The Morgan fingerprint density at radius 1 is 1.06 bits per heavy atom. The van der Waals surface area contributed by atoms with Crippen molar-refractivity contribution in [2.24, 2.45) is 0 Å². The summed E-state index contributed by atoms with van der Waals surface area (Å²) in [6.07, 6.45) is 0. The fraction of sp³-hybridized carbons (Fsp3) is 0. The van der Waals surface area contributed by atoms with Gasteiger partial charge in [0.25, 0.3) is 5.69 Å². The number of nitro benzene ring substituents is 1. The topological polar surface area (TPSA) is 80.4 Å². The second kappa shape index (κ2) is 4.67. The molecule has 2 aromatic carbocycles. The highest BCUT2D eigenvalue weighted by atomic mass is 16.6. The summed E-state index contributed by atoms with van der Waals surface area (Å²) in [5.74, 6) is -1.31. The molecule has 0 amide bonds. The molecular weight excluding hydrogens is 234 g/mol. The van der Waals surface area contributed by atoms with Crippen LogP contribution in [0.5, 0.6) is 0 Å². The summed E-state index contributed by atoms with van der Waals surface area (Å²) < 4.78 is 0. The van der Waals surface area contributed by atoms with Crippen molar-refractivity contribution < 1.29 is 14.8 Å². The van der Waals surface area contributed by atoms with Crippen molar-refractivity contribution >= 4 is 11.7 Å². The van der Waals surface area contributed by atoms with Gasteiger partial charge in [0.1, 0.15) is 5.56 Å². The van der Waals surface area contributed by atoms with Gasteiger partial charge in [-0.05, 0) is 23.3 Å². The molecule has 0 spiro atoms. The van der Waals surface area contributed by atoms with E-state index in [0.717, 1.165) is 5.56 Å². The largest absolute Gasteiger partial charge is 0.477 e. The van der Waals surface area contributed by atoms with Gasteiger partial charge in [0.2, 0.25) is 0 Å². The van der Waals surface area contributed by atoms with Gasteiger partial charge in [0, 0.05) is 6.07 Å². The zero-order chi connectivity index (χ0) is 13.1. The van der Waals surface area contributed by atoms with Crippen LogP contribution in [0.2, 0.25) is 0 Å². The molecule has 0 aliphatic rings. The van der Waals surface area contributed by atoms with Crippen molar-refractivity contribution in [3.63, 3.8) is 0 Å². The predicted octanol–water partition coefficient (Wildman–Crippen LogP) is 2.96. The Labute approximate surface area is 102 Å². The van der Waals surface area contributed by atoms with Crippen LogP contribution < -0.4 is 0 Å². The average Bonchev–Trinajstić information content (AvgIpc) is 2.39. The van der Waals surface area contributed by atoms with E-state index in [1.165, 1.54) is 12.1 Å². The van der Waals surface area contributed by atoms with Gasteiger partial charge in [-0.1, -0.05) is 30.3 Å². The molecule has 0 atom stereocenters. The molecule has 2 rings (SSSR count). The van der Waals surface area contributed by atoms with Crippen LogP contribution in [-0.2, 0) is 0 Å². The monoisotopic (exact) mass is 243 g/mol. The van der Waals surface area contributed by atoms with E-state index in [4.69, 9.17) is 5.11 Å². The van der Waals surface area contributed by atoms with Gasteiger partial charge in [-0.2, -0.15) is 0 Å². The number of aromatic carboxylic acids is 1. The van der Waals surface area contributed by atoms with Crippen LogP contribution in [-0.4, -0.2) is 16.0 Å². The Kier molecular flexibility index (Phi) is 3.05. The van der Waals surface area contributed by atoms with E-state index in [9.17, 15) is 14.9 Å². The lowest BCUT2D eigenvalue weighted by Gasteiger charge is -2.03. The van der Waals surface area contributed by atoms with E-state index in [-0.39, 0.29) is 5.56 Å². The van der Waals surface area contributed by atoms with Gasteiger partial charge in [-0.25, -0.2) is 4.79 Å². The highest BCUT2D eigenvalue weighted by Gasteiger charge is 2.20. The quantitative estimate of drug-likeness (QED) is 0.663. The molecule has 5 nitrogen and oxygen atoms in total. The van der Waals surface area contributed by atoms with Crippen molar-refractivity contribution in [2.45, 2.75) is 0 Å². The van der Waals surface area contributed by atoms with Gasteiger partial charge >= 0.3 is 5.97 Å². The minimum atomic E-state index is -1.31. The summed E-state index contributed by atoms with van der Waals surface area (Å²) >= 11 is 0. The first-order valence-corrected chi connectivity index (χ1v) is 5.17. The summed E-state index contributed by atoms with van der Waals surface area (Å²) in [5.41, 5.74) is 0.747. The predicted molar refractivity (Wildman–Crippen MR) is 65.5 cm³/mol. The molecule has 0 saturated heterocycles. The smallest absolute Gasteiger partial charge is 0.342 e. The number of hydrogen-bond acceptors (Lipinski definition) is 3. The van der Waals surface area contributed by atoms with Crippen molar-refractivity contribution in [3.8, 4) is 11.1 Å². The van der Waals surface area contributed by atoms with Crippen LogP contribution in [0.1, 0.15) is 10.4 Å². The molecule has 0 radical (unpaired) electrons. The molecule has 2 aromatic rings. The molecule has 0 aliphatic carbocycles. The molecule has 0 aliphatic heterocycles. The molecule has 0 aromatic heterocycles. The lowest BCUT2D eigenvalue weighted by Crippen LogP contribution is -2.02. The van der Waals surface area contributed by atoms with E-state index in [1.807, 2.05) is 30.3 Å². The number of carboxylic acids is 1. The summed E-state index contributed by atoms with van der Waals surface area (Å²) in [5, 5.41) is 19.7. The van der Waals surface area contributed by atoms with Crippen molar-refractivity contribution in [1.82, 2.24) is 0 Å². The minimum Gasteiger partial charge on any atom is -0.477 e. The first-order valence-electron chi connectivity index (χ1n) is 5.17. The molecular formula is C13H9NO4. The number of hydrogen-bond donors (Lipinski definition) is 1. The number of rotatable bonds is 3. The maximum absolute atomic E-state index is 11.0. The van der Waals surface area contributed by atoms with Gasteiger partial charge in [0.05, 0.1) is 4.92 Å². The second-order valence-corrected chi connectivity index (χ2v) is 3.66. The molecule has 0 bridgehead atoms. The fourth-order valence-electron chi connectivity index (χ4n) is 1.68. The zero-order valence-corrected chi connectivity index (χ0v) is 9.24. The number of nitro groups is 1. The van der Waals surface area contributed by atoms with E-state index in [0.29, 0.717) is 5.56 Å². The molecule has 0 heterocycles. The van der Waals surface area contributed by atoms with E-state index < -0.39 is 16.6 Å². The molecule has 1 N–H and O–H groups in total. The standard InChI is InChI=1S/C13H9NO4/c15-13(16)11-8-10(6-7-12(11)14(17)18)9-4-2-1-3-5-9/h1-8H,(H,15,16). The van der Waals surface area contributed by atoms with Gasteiger partial charge < -0.3 is 5.11 Å². The normalized spacial score (nSPS) is 10.0. The maximum Gasteiger partial charge on any atom is 0.342 e. The Balaban J connectivity index is 2.57. The number of nitrogens with zero attached hydrogens (tertiary/aromatic N) is 1. The number of carboxylic acid groups (broad SMARTS) is 1. The van der Waals surface area contributed by atoms with Crippen LogP contribution in [0.15, 0.2) is 48.5 Å². The molecule has 18 heavy (non-hydrogen) atoms. The van der Waals surface area contributed by atoms with Gasteiger partial charge in [-0.3, -0.25) is 10.1 Å². The Morgan fingerprint density at radius 2 is 1.72 bits per heavy atom. The maximum atomic E-state index is 11.0. The SMILES string of the molecule is O=C(O)c1cc(-c2ccccc2)ccc1[N+](=O)[O-]. The third-order valence-electron chi connectivity index (χ3n) is 2.53. The van der Waals surface area contributed by atoms with Gasteiger partial charge in [0.15, 0.2) is 0 Å². The lowest BCUT2D eigenvalue weighted by atomic mass is 10.0. The summed E-state index contributed by atoms with van der Waals surface area (Å²) in [6, 6.07) is 13.2. The highest BCUT2D eigenvalue weighted by Crippen LogP contribution is 2.26. The van der Waals surface area contributed by atoms with E-state index >= 15 is 0 Å². The summed E-state index contributed by atoms with van der Waals surface area (Å²) in [7, 11) is 0. The van der Waals surface area contributed by atoms with Crippen LogP contribution in [0, 0.1) is 10.1 Å². The number of carbonyl (C=O) groups is 1. The zero-order valence-electron chi connectivity index (χ0n) is 9.24. The molecule has 0 unspecified atom stereocenters. The Bertz CT molecular complexity index is 608. The van der Waals surface area contributed by atoms with E-state index in [1.54, 1.807) is 6.07 Å². The molecule has 5 heteroatoms. The van der Waals surface area contributed by atoms with Crippen LogP contribution >= 0.6 is 0 Å². The molecule has 0 fully saturated rings. The second-order valence-electron chi connectivity index (χ2n) is 3.66. The summed E-state index contributed by atoms with van der Waals surface area (Å²) in [6.45, 7) is 0. The van der Waals surface area contributed by atoms with Crippen LogP contribution in [0.3, 0.4) is 0 Å². The van der Waals surface area contributed by atoms with Crippen molar-refractivity contribution in [1.29, 1.82) is 0 Å². The third-order valence-corrected chi connectivity index (χ3v) is 2.53. The van der Waals surface area contributed by atoms with Crippen molar-refractivity contribution in [3.05, 3.63) is 64.2 Å². The first-order chi connectivity index (χ1) is 8.59. The Hall–Kier alpha value is -2.69. The highest BCUT2D eigenvalue weighted by molar-refractivity contribution is 5.94. The third kappa shape index (κ3) is 2.20. The summed E-state index contributed by atoms with van der Waals surface area (Å²) in [4.78, 5) is 21.0. The van der Waals surface area contributed by atoms with E-state index in [2.05, 4.69) is 0 Å². The van der Waals surface area contributed by atoms with Gasteiger partial charge in [-0.15, -0.1) is 0 Å². The Morgan fingerprint density at radius 3 is 2.28 bits per heavy atom. The fourth-order valence-corrected chi connectivity index (χ4v) is 1.68.